The van der Waals surface area contributed by atoms with Crippen LogP contribution in [0.5, 0.6) is 0 Å². The molecule has 0 radical (unpaired) electrons. The summed E-state index contributed by atoms with van der Waals surface area (Å²) >= 11 is 1.54. The van der Waals surface area contributed by atoms with Crippen molar-refractivity contribution in [2.75, 3.05) is 59.2 Å². The van der Waals surface area contributed by atoms with Crippen molar-refractivity contribution in [3.8, 4) is 0 Å². The van der Waals surface area contributed by atoms with E-state index >= 15 is 0 Å². The fourth-order valence-corrected chi connectivity index (χ4v) is 8.61. The normalized spacial score (nSPS) is 38.9. The van der Waals surface area contributed by atoms with Crippen molar-refractivity contribution in [2.24, 2.45) is 11.8 Å². The first-order chi connectivity index (χ1) is 17.3. The first-order valence-electron chi connectivity index (χ1n) is 13.1. The van der Waals surface area contributed by atoms with Crippen molar-refractivity contribution in [2.45, 2.75) is 48.3 Å². The van der Waals surface area contributed by atoms with Crippen LogP contribution in [0.4, 0.5) is 0 Å². The standard InChI is InChI=1S/C26H37N3O6S/c1-18(17-30)29-21-23(32)28(11-10-27-12-15-34-16-13-27)9-6-8-26(21)19(22(29)31)20-24(33)35-14-5-3-4-7-25(20,2)36-26/h4,6-8,18-21,30H,3,5,9-17H2,1-2H3/b7-4-/t18-,19+,20-,21?,25+,26+/m1/s1. The van der Waals surface area contributed by atoms with E-state index in [1.807, 2.05) is 30.1 Å². The molecule has 0 aromatic rings. The predicted octanol–water partition coefficient (Wildman–Crippen LogP) is 0.679. The molecule has 10 heteroatoms. The number of cyclic esters (lactones) is 1. The summed E-state index contributed by atoms with van der Waals surface area (Å²) in [5.74, 6) is -2.19. The van der Waals surface area contributed by atoms with E-state index in [-0.39, 0.29) is 24.4 Å². The number of esters is 1. The van der Waals surface area contributed by atoms with E-state index in [1.54, 1.807) is 23.6 Å². The van der Waals surface area contributed by atoms with Gasteiger partial charge in [-0.15, -0.1) is 11.8 Å². The summed E-state index contributed by atoms with van der Waals surface area (Å²) in [6.07, 6.45) is 9.65. The van der Waals surface area contributed by atoms with E-state index in [1.165, 1.54) is 0 Å². The van der Waals surface area contributed by atoms with E-state index in [0.29, 0.717) is 32.9 Å². The quantitative estimate of drug-likeness (QED) is 0.418. The van der Waals surface area contributed by atoms with E-state index in [4.69, 9.17) is 9.47 Å². The Morgan fingerprint density at radius 1 is 1.08 bits per heavy atom. The van der Waals surface area contributed by atoms with Gasteiger partial charge in [0.25, 0.3) is 0 Å². The molecular formula is C26H37N3O6S. The molecule has 0 aromatic heterocycles. The number of morpholine rings is 1. The second-order valence-corrected chi connectivity index (χ2v) is 12.4. The molecule has 2 amide bonds. The van der Waals surface area contributed by atoms with Gasteiger partial charge in [0.05, 0.1) is 49.1 Å². The number of amides is 2. The number of ether oxygens (including phenoxy) is 2. The zero-order chi connectivity index (χ0) is 25.5. The smallest absolute Gasteiger partial charge is 0.311 e. The van der Waals surface area contributed by atoms with Gasteiger partial charge in [0.15, 0.2) is 0 Å². The number of rotatable bonds is 5. The average molecular weight is 520 g/mol. The number of carbonyl (C=O) groups is 3. The van der Waals surface area contributed by atoms with Gasteiger partial charge in [0, 0.05) is 37.5 Å². The second-order valence-electron chi connectivity index (χ2n) is 10.6. The molecule has 1 unspecified atom stereocenters. The molecule has 0 bridgehead atoms. The molecule has 9 nitrogen and oxygen atoms in total. The van der Waals surface area contributed by atoms with Gasteiger partial charge in [-0.1, -0.05) is 24.3 Å². The van der Waals surface area contributed by atoms with Crippen LogP contribution in [0, 0.1) is 11.8 Å². The molecule has 0 aliphatic carbocycles. The molecular weight excluding hydrogens is 482 g/mol. The van der Waals surface area contributed by atoms with Crippen molar-refractivity contribution in [3.63, 3.8) is 0 Å². The minimum Gasteiger partial charge on any atom is -0.465 e. The van der Waals surface area contributed by atoms with E-state index in [0.717, 1.165) is 32.5 Å². The lowest BCUT2D eigenvalue weighted by Gasteiger charge is -2.39. The van der Waals surface area contributed by atoms with Gasteiger partial charge in [-0.25, -0.2) is 0 Å². The van der Waals surface area contributed by atoms with Crippen LogP contribution in [0.25, 0.3) is 0 Å². The maximum atomic E-state index is 14.2. The third-order valence-corrected chi connectivity index (χ3v) is 10.1. The van der Waals surface area contributed by atoms with Crippen LogP contribution in [0.15, 0.2) is 24.3 Å². The summed E-state index contributed by atoms with van der Waals surface area (Å²) in [7, 11) is 0. The van der Waals surface area contributed by atoms with Crippen LogP contribution < -0.4 is 0 Å². The SMILES string of the molecule is C[C@H](CO)N1C(=O)[C@@H]2[C@@H]3C(=O)OCCC/C=C\[C@]3(C)S[C@@]23C=CCN(CCN2CCOCC2)C(=O)C13. The lowest BCUT2D eigenvalue weighted by atomic mass is 9.74. The first-order valence-corrected chi connectivity index (χ1v) is 13.9. The minimum absolute atomic E-state index is 0.121. The Morgan fingerprint density at radius 2 is 1.86 bits per heavy atom. The molecule has 198 valence electrons. The Morgan fingerprint density at radius 3 is 2.61 bits per heavy atom. The molecule has 5 aliphatic rings. The monoisotopic (exact) mass is 519 g/mol. The molecule has 1 N–H and O–H groups in total. The lowest BCUT2D eigenvalue weighted by Crippen LogP contribution is -2.57. The number of aliphatic hydroxyl groups excluding tert-OH is 1. The first kappa shape index (κ1) is 25.8. The third-order valence-electron chi connectivity index (χ3n) is 8.30. The molecule has 0 aromatic carbocycles. The lowest BCUT2D eigenvalue weighted by molar-refractivity contribution is -0.154. The van der Waals surface area contributed by atoms with E-state index in [9.17, 15) is 19.5 Å². The summed E-state index contributed by atoms with van der Waals surface area (Å²) in [5.41, 5.74) is 0. The number of allylic oxidation sites excluding steroid dienone is 1. The Balaban J connectivity index is 1.52. The van der Waals surface area contributed by atoms with Gasteiger partial charge in [-0.05, 0) is 26.7 Å². The summed E-state index contributed by atoms with van der Waals surface area (Å²) in [6, 6.07) is -1.34. The number of fused-ring (bicyclic) bond motifs is 2. The van der Waals surface area contributed by atoms with Crippen LogP contribution >= 0.6 is 11.8 Å². The van der Waals surface area contributed by atoms with Crippen LogP contribution in [0.2, 0.25) is 0 Å². The molecule has 6 atom stereocenters. The highest BCUT2D eigenvalue weighted by atomic mass is 32.2. The molecule has 5 heterocycles. The third kappa shape index (κ3) is 4.19. The summed E-state index contributed by atoms with van der Waals surface area (Å²) < 4.78 is 9.49. The summed E-state index contributed by atoms with van der Waals surface area (Å²) in [5, 5.41) is 10.0. The number of carbonyl (C=O) groups excluding carboxylic acids is 3. The molecule has 36 heavy (non-hydrogen) atoms. The summed E-state index contributed by atoms with van der Waals surface area (Å²) in [6.45, 7) is 8.60. The highest BCUT2D eigenvalue weighted by Crippen LogP contribution is 2.65. The maximum Gasteiger partial charge on any atom is 0.311 e. The topological polar surface area (TPSA) is 99.6 Å². The molecule has 3 fully saturated rings. The number of hydrogen-bond acceptors (Lipinski definition) is 8. The predicted molar refractivity (Wildman–Crippen MR) is 135 cm³/mol. The van der Waals surface area contributed by atoms with Crippen molar-refractivity contribution in [1.82, 2.24) is 14.7 Å². The highest BCUT2D eigenvalue weighted by molar-refractivity contribution is 8.02. The van der Waals surface area contributed by atoms with Gasteiger partial charge in [0.2, 0.25) is 11.8 Å². The molecule has 5 aliphatic heterocycles. The Labute approximate surface area is 216 Å². The second kappa shape index (κ2) is 10.1. The van der Waals surface area contributed by atoms with Crippen LogP contribution in [-0.2, 0) is 23.9 Å². The number of hydrogen-bond donors (Lipinski definition) is 1. The summed E-state index contributed by atoms with van der Waals surface area (Å²) in [4.78, 5) is 47.4. The zero-order valence-corrected chi connectivity index (χ0v) is 22.0. The van der Waals surface area contributed by atoms with Crippen LogP contribution in [-0.4, -0.2) is 118 Å². The molecule has 1 spiro atoms. The maximum absolute atomic E-state index is 14.2. The number of likely N-dealkylation sites (tertiary alicyclic amines) is 1. The van der Waals surface area contributed by atoms with E-state index in [2.05, 4.69) is 11.0 Å². The van der Waals surface area contributed by atoms with Crippen molar-refractivity contribution >= 4 is 29.5 Å². The number of aliphatic hydroxyl groups is 1. The van der Waals surface area contributed by atoms with Gasteiger partial charge in [0.1, 0.15) is 6.04 Å². The molecule has 5 rings (SSSR count). The largest absolute Gasteiger partial charge is 0.465 e. The molecule has 0 saturated carbocycles. The van der Waals surface area contributed by atoms with Crippen LogP contribution in [0.1, 0.15) is 26.7 Å². The number of thioether (sulfide) groups is 1. The van der Waals surface area contributed by atoms with Crippen LogP contribution in [0.3, 0.4) is 0 Å². The van der Waals surface area contributed by atoms with Gasteiger partial charge in [-0.2, -0.15) is 0 Å². The van der Waals surface area contributed by atoms with Crippen molar-refractivity contribution in [1.29, 1.82) is 0 Å². The fraction of sp³-hybridized carbons (Fsp3) is 0.731. The fourth-order valence-electron chi connectivity index (χ4n) is 6.47. The Hall–Kier alpha value is -1.88. The van der Waals surface area contributed by atoms with Gasteiger partial charge in [-0.3, -0.25) is 19.3 Å². The Bertz CT molecular complexity index is 952. The number of nitrogens with zero attached hydrogens (tertiary/aromatic N) is 3. The minimum atomic E-state index is -0.909. The van der Waals surface area contributed by atoms with Crippen molar-refractivity contribution in [3.05, 3.63) is 24.3 Å². The van der Waals surface area contributed by atoms with Crippen molar-refractivity contribution < 1.29 is 29.0 Å². The molecule has 3 saturated heterocycles. The van der Waals surface area contributed by atoms with Gasteiger partial charge >= 0.3 is 5.97 Å². The zero-order valence-electron chi connectivity index (χ0n) is 21.1. The highest BCUT2D eigenvalue weighted by Gasteiger charge is 2.74. The van der Waals surface area contributed by atoms with Gasteiger partial charge < -0.3 is 24.4 Å². The van der Waals surface area contributed by atoms with E-state index < -0.39 is 33.4 Å². The Kier molecular flexibility index (Phi) is 7.24. The average Bonchev–Trinajstić information content (AvgIpc) is 3.23.